The van der Waals surface area contributed by atoms with Crippen molar-refractivity contribution in [3.8, 4) is 0 Å². The third kappa shape index (κ3) is 7.78. The number of piperidine rings is 1. The first kappa shape index (κ1) is 22.6. The Balaban J connectivity index is 0.00000312. The van der Waals surface area contributed by atoms with E-state index in [1.807, 2.05) is 17.5 Å². The highest BCUT2D eigenvalue weighted by molar-refractivity contribution is 14.0. The van der Waals surface area contributed by atoms with E-state index in [4.69, 9.17) is 4.99 Å². The molecule has 0 aliphatic carbocycles. The molecule has 5 nitrogen and oxygen atoms in total. The van der Waals surface area contributed by atoms with Gasteiger partial charge < -0.3 is 15.5 Å². The number of thiazole rings is 1. The maximum Gasteiger partial charge on any atom is 0.191 e. The number of halogens is 1. The fourth-order valence-corrected chi connectivity index (χ4v) is 3.82. The van der Waals surface area contributed by atoms with Gasteiger partial charge in [0.25, 0.3) is 0 Å². The van der Waals surface area contributed by atoms with E-state index in [0.717, 1.165) is 31.9 Å². The molecule has 1 aromatic rings. The first-order valence-corrected chi connectivity index (χ1v) is 10.2. The third-order valence-corrected chi connectivity index (χ3v) is 5.69. The summed E-state index contributed by atoms with van der Waals surface area (Å²) < 4.78 is 0. The number of hydrogen-bond acceptors (Lipinski definition) is 4. The fraction of sp³-hybridized carbons (Fsp3) is 0.778. The van der Waals surface area contributed by atoms with E-state index in [9.17, 15) is 0 Å². The minimum Gasteiger partial charge on any atom is -0.357 e. The van der Waals surface area contributed by atoms with Crippen molar-refractivity contribution >= 4 is 41.3 Å². The van der Waals surface area contributed by atoms with E-state index >= 15 is 0 Å². The zero-order valence-electron chi connectivity index (χ0n) is 16.0. The molecule has 0 spiro atoms. The number of aliphatic imine (C=N–C) groups is 1. The van der Waals surface area contributed by atoms with E-state index in [1.165, 1.54) is 35.8 Å². The van der Waals surface area contributed by atoms with Gasteiger partial charge >= 0.3 is 0 Å². The molecule has 2 heterocycles. The van der Waals surface area contributed by atoms with Crippen LogP contribution < -0.4 is 10.6 Å². The molecule has 1 aliphatic heterocycles. The Morgan fingerprint density at radius 2 is 2.08 bits per heavy atom. The minimum atomic E-state index is 0. The molecule has 7 heteroatoms. The number of nitrogens with zero attached hydrogens (tertiary/aromatic N) is 3. The Morgan fingerprint density at radius 1 is 1.36 bits per heavy atom. The van der Waals surface area contributed by atoms with Crippen LogP contribution in [0.1, 0.15) is 50.4 Å². The molecule has 2 N–H and O–H groups in total. The summed E-state index contributed by atoms with van der Waals surface area (Å²) in [6, 6.07) is 1.18. The summed E-state index contributed by atoms with van der Waals surface area (Å²) in [5, 5.41) is 8.18. The standard InChI is InChI=1S/C18H33N5S.HI/c1-5-16-13-21-17(24-16)7-10-20-18(19-6-2)22-15-8-11-23(12-9-15)14(3)4;/h13-15H,5-12H2,1-4H3,(H2,19,20,22);1H. The number of aromatic nitrogens is 1. The average Bonchev–Trinajstić information content (AvgIpc) is 3.03. The Labute approximate surface area is 174 Å². The van der Waals surface area contributed by atoms with E-state index in [-0.39, 0.29) is 24.0 Å². The first-order valence-electron chi connectivity index (χ1n) is 9.34. The Bertz CT molecular complexity index is 509. The maximum absolute atomic E-state index is 4.74. The van der Waals surface area contributed by atoms with Crippen LogP contribution in [-0.4, -0.2) is 54.1 Å². The summed E-state index contributed by atoms with van der Waals surface area (Å²) in [6.45, 7) is 12.9. The predicted octanol–water partition coefficient (Wildman–Crippen LogP) is 3.29. The van der Waals surface area contributed by atoms with Crippen LogP contribution in [-0.2, 0) is 12.8 Å². The van der Waals surface area contributed by atoms with Crippen molar-refractivity contribution in [1.29, 1.82) is 0 Å². The molecular weight excluding hydrogens is 445 g/mol. The summed E-state index contributed by atoms with van der Waals surface area (Å²) in [5.74, 6) is 0.952. The van der Waals surface area contributed by atoms with E-state index in [1.54, 1.807) is 0 Å². The van der Waals surface area contributed by atoms with Crippen LogP contribution in [0.25, 0.3) is 0 Å². The molecule has 0 bridgehead atoms. The zero-order chi connectivity index (χ0) is 17.4. The summed E-state index contributed by atoms with van der Waals surface area (Å²) in [4.78, 5) is 13.1. The van der Waals surface area contributed by atoms with Crippen LogP contribution in [0, 0.1) is 0 Å². The molecule has 1 fully saturated rings. The number of aryl methyl sites for hydroxylation is 1. The Hall–Kier alpha value is -0.410. The highest BCUT2D eigenvalue weighted by atomic mass is 127. The van der Waals surface area contributed by atoms with Crippen LogP contribution in [0.5, 0.6) is 0 Å². The second kappa shape index (κ2) is 12.1. The van der Waals surface area contributed by atoms with Gasteiger partial charge in [0, 0.05) is 55.8 Å². The molecule has 1 aromatic heterocycles. The molecule has 0 amide bonds. The van der Waals surface area contributed by atoms with Crippen LogP contribution in [0.2, 0.25) is 0 Å². The van der Waals surface area contributed by atoms with Crippen molar-refractivity contribution in [2.45, 2.75) is 65.5 Å². The number of hydrogen-bond donors (Lipinski definition) is 2. The van der Waals surface area contributed by atoms with Gasteiger partial charge in [-0.15, -0.1) is 35.3 Å². The lowest BCUT2D eigenvalue weighted by molar-refractivity contribution is 0.167. The van der Waals surface area contributed by atoms with Crippen molar-refractivity contribution in [2.75, 3.05) is 26.2 Å². The zero-order valence-corrected chi connectivity index (χ0v) is 19.2. The van der Waals surface area contributed by atoms with Crippen LogP contribution in [0.15, 0.2) is 11.2 Å². The molecule has 1 aliphatic rings. The monoisotopic (exact) mass is 479 g/mol. The van der Waals surface area contributed by atoms with Gasteiger partial charge in [0.1, 0.15) is 0 Å². The molecular formula is C18H34IN5S. The van der Waals surface area contributed by atoms with E-state index in [0.29, 0.717) is 12.1 Å². The minimum absolute atomic E-state index is 0. The number of rotatable bonds is 7. The second-order valence-electron chi connectivity index (χ2n) is 6.63. The van der Waals surface area contributed by atoms with Crippen LogP contribution >= 0.6 is 35.3 Å². The smallest absolute Gasteiger partial charge is 0.191 e. The lowest BCUT2D eigenvalue weighted by Gasteiger charge is -2.35. The summed E-state index contributed by atoms with van der Waals surface area (Å²) in [7, 11) is 0. The van der Waals surface area contributed by atoms with Crippen molar-refractivity contribution in [1.82, 2.24) is 20.5 Å². The Morgan fingerprint density at radius 3 is 2.64 bits per heavy atom. The van der Waals surface area contributed by atoms with Gasteiger partial charge in [0.05, 0.1) is 5.01 Å². The molecule has 0 aromatic carbocycles. The summed E-state index contributed by atoms with van der Waals surface area (Å²) in [6.07, 6.45) is 6.37. The SMILES string of the molecule is CCNC(=NCCc1ncc(CC)s1)NC1CCN(C(C)C)CC1.I. The average molecular weight is 479 g/mol. The largest absolute Gasteiger partial charge is 0.357 e. The summed E-state index contributed by atoms with van der Waals surface area (Å²) in [5.41, 5.74) is 0. The van der Waals surface area contributed by atoms with Crippen molar-refractivity contribution in [3.63, 3.8) is 0 Å². The van der Waals surface area contributed by atoms with Gasteiger partial charge in [-0.2, -0.15) is 0 Å². The van der Waals surface area contributed by atoms with Gasteiger partial charge in [-0.25, -0.2) is 4.98 Å². The molecule has 0 atom stereocenters. The van der Waals surface area contributed by atoms with Crippen molar-refractivity contribution in [3.05, 3.63) is 16.1 Å². The van der Waals surface area contributed by atoms with Gasteiger partial charge in [-0.3, -0.25) is 4.99 Å². The highest BCUT2D eigenvalue weighted by Gasteiger charge is 2.21. The van der Waals surface area contributed by atoms with Crippen LogP contribution in [0.4, 0.5) is 0 Å². The number of nitrogens with one attached hydrogen (secondary N) is 2. The fourth-order valence-electron chi connectivity index (χ4n) is 2.96. The van der Waals surface area contributed by atoms with Crippen molar-refractivity contribution in [2.24, 2.45) is 4.99 Å². The molecule has 25 heavy (non-hydrogen) atoms. The molecule has 1 saturated heterocycles. The first-order chi connectivity index (χ1) is 11.6. The van der Waals surface area contributed by atoms with Gasteiger partial charge in [0.2, 0.25) is 0 Å². The van der Waals surface area contributed by atoms with Gasteiger partial charge in [-0.05, 0) is 40.0 Å². The number of likely N-dealkylation sites (tertiary alicyclic amines) is 1. The van der Waals surface area contributed by atoms with Crippen LogP contribution in [0.3, 0.4) is 0 Å². The molecule has 2 rings (SSSR count). The van der Waals surface area contributed by atoms with E-state index < -0.39 is 0 Å². The predicted molar refractivity (Wildman–Crippen MR) is 119 cm³/mol. The number of guanidine groups is 1. The third-order valence-electron chi connectivity index (χ3n) is 4.49. The lowest BCUT2D eigenvalue weighted by atomic mass is 10.0. The molecule has 144 valence electrons. The highest BCUT2D eigenvalue weighted by Crippen LogP contribution is 2.14. The van der Waals surface area contributed by atoms with Gasteiger partial charge in [0.15, 0.2) is 5.96 Å². The maximum atomic E-state index is 4.74. The molecule has 0 radical (unpaired) electrons. The molecule has 0 saturated carbocycles. The summed E-state index contributed by atoms with van der Waals surface area (Å²) >= 11 is 1.81. The molecule has 0 unspecified atom stereocenters. The van der Waals surface area contributed by atoms with Gasteiger partial charge in [-0.1, -0.05) is 6.92 Å². The van der Waals surface area contributed by atoms with E-state index in [2.05, 4.69) is 48.2 Å². The lowest BCUT2D eigenvalue weighted by Crippen LogP contribution is -2.49. The normalized spacial score (nSPS) is 16.8. The topological polar surface area (TPSA) is 52.6 Å². The van der Waals surface area contributed by atoms with Crippen molar-refractivity contribution < 1.29 is 0 Å². The second-order valence-corrected chi connectivity index (χ2v) is 7.83. The quantitative estimate of drug-likeness (QED) is 0.358. The Kier molecular flexibility index (Phi) is 10.9.